The number of carbonyl (C=O) groups excluding carboxylic acids is 3. The minimum Gasteiger partial charge on any atom is -0.359 e. The molecule has 4 aliphatic rings. The van der Waals surface area contributed by atoms with Gasteiger partial charge in [-0.05, 0) is 44.1 Å². The lowest BCUT2D eigenvalue weighted by Crippen LogP contribution is -2.57. The predicted molar refractivity (Wildman–Crippen MR) is 147 cm³/mol. The smallest absolute Gasteiger partial charge is 0.246 e. The van der Waals surface area contributed by atoms with Crippen molar-refractivity contribution < 1.29 is 19.1 Å². The Kier molecular flexibility index (Phi) is 8.06. The van der Waals surface area contributed by atoms with E-state index < -0.39 is 29.6 Å². The fourth-order valence-corrected chi connectivity index (χ4v) is 7.20. The van der Waals surface area contributed by atoms with Gasteiger partial charge in [0.05, 0.1) is 17.9 Å². The molecule has 1 saturated carbocycles. The summed E-state index contributed by atoms with van der Waals surface area (Å²) >= 11 is 12.2. The second-order valence-corrected chi connectivity index (χ2v) is 11.6. The molecule has 1 aliphatic carbocycles. The Morgan fingerprint density at radius 2 is 1.76 bits per heavy atom. The summed E-state index contributed by atoms with van der Waals surface area (Å²) in [7, 11) is 0. The number of fused-ring (bicyclic) bond motifs is 1. The second-order valence-electron chi connectivity index (χ2n) is 10.8. The molecule has 0 radical (unpaired) electrons. The zero-order chi connectivity index (χ0) is 27.0. The Morgan fingerprint density at radius 1 is 1.08 bits per heavy atom. The van der Waals surface area contributed by atoms with E-state index in [9.17, 15) is 14.4 Å². The number of likely N-dealkylation sites (tertiary alicyclic amines) is 1. The predicted octanol–water partition coefficient (Wildman–Crippen LogP) is 3.87. The standard InChI is InChI=1S/C28H36Cl2N4O4/c1-3-33(4-2)12-13-34-24(26(36)31-19-8-6-5-7-9-19)28-11-10-21(38-28)22(23(28)27(34)37)25(35)32-20-15-17(29)14-18(30)16-20/h10-11,14-16,19,21-24H,3-9,12-13H2,1-2H3,(H,31,36)(H,32,35). The van der Waals surface area contributed by atoms with Gasteiger partial charge in [0.25, 0.3) is 0 Å². The zero-order valence-electron chi connectivity index (χ0n) is 21.9. The Hall–Kier alpha value is -2.13. The summed E-state index contributed by atoms with van der Waals surface area (Å²) in [6.45, 7) is 6.87. The Morgan fingerprint density at radius 3 is 2.42 bits per heavy atom. The average molecular weight is 564 g/mol. The number of halogens is 2. The van der Waals surface area contributed by atoms with Crippen LogP contribution in [0.2, 0.25) is 10.0 Å². The van der Waals surface area contributed by atoms with E-state index in [1.54, 1.807) is 23.1 Å². The minimum absolute atomic E-state index is 0.0979. The van der Waals surface area contributed by atoms with Gasteiger partial charge in [0.1, 0.15) is 11.6 Å². The van der Waals surface area contributed by atoms with E-state index in [2.05, 4.69) is 29.4 Å². The molecule has 2 bridgehead atoms. The number of amides is 3. The molecule has 3 amide bonds. The van der Waals surface area contributed by atoms with Gasteiger partial charge in [-0.2, -0.15) is 0 Å². The van der Waals surface area contributed by atoms with Gasteiger partial charge in [-0.1, -0.05) is 68.5 Å². The van der Waals surface area contributed by atoms with Crippen LogP contribution in [-0.4, -0.2) is 77.5 Å². The van der Waals surface area contributed by atoms with E-state index in [0.717, 1.165) is 38.8 Å². The third-order valence-electron chi connectivity index (χ3n) is 8.56. The van der Waals surface area contributed by atoms with Gasteiger partial charge in [0, 0.05) is 34.9 Å². The van der Waals surface area contributed by atoms with Crippen LogP contribution in [-0.2, 0) is 19.1 Å². The average Bonchev–Trinajstić information content (AvgIpc) is 3.52. The minimum atomic E-state index is -1.17. The number of anilines is 1. The van der Waals surface area contributed by atoms with Crippen molar-refractivity contribution in [2.45, 2.75) is 69.7 Å². The molecule has 1 aromatic rings. The van der Waals surface area contributed by atoms with Gasteiger partial charge in [0.15, 0.2) is 0 Å². The highest BCUT2D eigenvalue weighted by Gasteiger charge is 2.72. The third-order valence-corrected chi connectivity index (χ3v) is 8.99. The maximum absolute atomic E-state index is 14.0. The largest absolute Gasteiger partial charge is 0.359 e. The summed E-state index contributed by atoms with van der Waals surface area (Å²) in [6.07, 6.45) is 8.32. The number of ether oxygens (including phenoxy) is 1. The van der Waals surface area contributed by atoms with Crippen molar-refractivity contribution in [3.63, 3.8) is 0 Å². The third kappa shape index (κ3) is 4.96. The summed E-state index contributed by atoms with van der Waals surface area (Å²) in [4.78, 5) is 45.3. The molecule has 8 nitrogen and oxygen atoms in total. The zero-order valence-corrected chi connectivity index (χ0v) is 23.4. The fraction of sp³-hybridized carbons (Fsp3) is 0.607. The Labute approximate surface area is 234 Å². The first-order valence-electron chi connectivity index (χ1n) is 13.7. The van der Waals surface area contributed by atoms with Crippen LogP contribution in [0.15, 0.2) is 30.4 Å². The van der Waals surface area contributed by atoms with Crippen LogP contribution in [0.3, 0.4) is 0 Å². The molecule has 1 spiro atoms. The number of nitrogens with one attached hydrogen (secondary N) is 2. The first-order valence-corrected chi connectivity index (χ1v) is 14.5. The summed E-state index contributed by atoms with van der Waals surface area (Å²) in [5.41, 5.74) is -0.721. The van der Waals surface area contributed by atoms with Crippen LogP contribution < -0.4 is 10.6 Å². The van der Waals surface area contributed by atoms with Crippen LogP contribution in [0, 0.1) is 11.8 Å². The molecule has 3 heterocycles. The van der Waals surface area contributed by atoms with Gasteiger partial charge >= 0.3 is 0 Å². The first kappa shape index (κ1) is 27.4. The number of nitrogens with zero attached hydrogens (tertiary/aromatic N) is 2. The molecule has 2 saturated heterocycles. The second kappa shape index (κ2) is 11.2. The van der Waals surface area contributed by atoms with Gasteiger partial charge < -0.3 is 25.2 Å². The van der Waals surface area contributed by atoms with Crippen LogP contribution in [0.25, 0.3) is 0 Å². The maximum Gasteiger partial charge on any atom is 0.246 e. The highest BCUT2D eigenvalue weighted by molar-refractivity contribution is 6.35. The van der Waals surface area contributed by atoms with E-state index in [1.165, 1.54) is 6.42 Å². The molecule has 2 N–H and O–H groups in total. The number of carbonyl (C=O) groups is 3. The van der Waals surface area contributed by atoms with Crippen molar-refractivity contribution in [1.82, 2.24) is 15.1 Å². The number of likely N-dealkylation sites (N-methyl/N-ethyl adjacent to an activating group) is 1. The SMILES string of the molecule is CCN(CC)CCN1C(=O)C2C(C(=O)Nc3cc(Cl)cc(Cl)c3)C3C=CC2(O3)C1C(=O)NC1CCCCC1. The number of benzene rings is 1. The molecule has 38 heavy (non-hydrogen) atoms. The molecule has 3 fully saturated rings. The van der Waals surface area contributed by atoms with Gasteiger partial charge in [-0.15, -0.1) is 0 Å². The van der Waals surface area contributed by atoms with Crippen molar-refractivity contribution in [1.29, 1.82) is 0 Å². The molecular weight excluding hydrogens is 527 g/mol. The van der Waals surface area contributed by atoms with E-state index in [0.29, 0.717) is 28.8 Å². The number of rotatable bonds is 9. The summed E-state index contributed by atoms with van der Waals surface area (Å²) in [6, 6.07) is 4.08. The monoisotopic (exact) mass is 562 g/mol. The lowest BCUT2D eigenvalue weighted by Gasteiger charge is -2.34. The summed E-state index contributed by atoms with van der Waals surface area (Å²) < 4.78 is 6.42. The molecular formula is C28H36Cl2N4O4. The van der Waals surface area contributed by atoms with Crippen LogP contribution >= 0.6 is 23.2 Å². The van der Waals surface area contributed by atoms with Gasteiger partial charge in [-0.25, -0.2) is 0 Å². The van der Waals surface area contributed by atoms with Crippen LogP contribution in [0.5, 0.6) is 0 Å². The maximum atomic E-state index is 14.0. The molecule has 5 atom stereocenters. The molecule has 10 heteroatoms. The van der Waals surface area contributed by atoms with Crippen molar-refractivity contribution >= 4 is 46.6 Å². The Balaban J connectivity index is 1.43. The number of hydrogen-bond donors (Lipinski definition) is 2. The van der Waals surface area contributed by atoms with E-state index in [1.807, 2.05) is 12.2 Å². The van der Waals surface area contributed by atoms with Crippen molar-refractivity contribution in [2.75, 3.05) is 31.5 Å². The normalized spacial score (nSPS) is 30.2. The molecule has 5 rings (SSSR count). The first-order chi connectivity index (χ1) is 18.3. The molecule has 5 unspecified atom stereocenters. The molecule has 0 aromatic heterocycles. The van der Waals surface area contributed by atoms with Gasteiger partial charge in [-0.3, -0.25) is 14.4 Å². The van der Waals surface area contributed by atoms with Crippen molar-refractivity contribution in [3.8, 4) is 0 Å². The van der Waals surface area contributed by atoms with E-state index in [4.69, 9.17) is 27.9 Å². The molecule has 3 aliphatic heterocycles. The summed E-state index contributed by atoms with van der Waals surface area (Å²) in [5, 5.41) is 6.89. The molecule has 1 aromatic carbocycles. The van der Waals surface area contributed by atoms with Crippen LogP contribution in [0.1, 0.15) is 46.0 Å². The van der Waals surface area contributed by atoms with E-state index in [-0.39, 0.29) is 23.8 Å². The highest BCUT2D eigenvalue weighted by atomic mass is 35.5. The fourth-order valence-electron chi connectivity index (χ4n) is 6.68. The quantitative estimate of drug-likeness (QED) is 0.446. The number of hydrogen-bond acceptors (Lipinski definition) is 5. The topological polar surface area (TPSA) is 91.0 Å². The van der Waals surface area contributed by atoms with Crippen LogP contribution in [0.4, 0.5) is 5.69 Å². The summed E-state index contributed by atoms with van der Waals surface area (Å²) in [5.74, 6) is -2.31. The van der Waals surface area contributed by atoms with Crippen molar-refractivity contribution in [2.24, 2.45) is 11.8 Å². The lowest BCUT2D eigenvalue weighted by molar-refractivity contribution is -0.141. The van der Waals surface area contributed by atoms with E-state index >= 15 is 0 Å². The Bertz CT molecular complexity index is 1100. The van der Waals surface area contributed by atoms with Gasteiger partial charge in [0.2, 0.25) is 17.7 Å². The lowest BCUT2D eigenvalue weighted by atomic mass is 9.74. The molecule has 206 valence electrons. The van der Waals surface area contributed by atoms with Crippen molar-refractivity contribution in [3.05, 3.63) is 40.4 Å². The highest BCUT2D eigenvalue weighted by Crippen LogP contribution is 2.55.